The van der Waals surface area contributed by atoms with Crippen molar-refractivity contribution in [2.45, 2.75) is 215 Å². The van der Waals surface area contributed by atoms with E-state index in [0.29, 0.717) is 5.41 Å². The Morgan fingerprint density at radius 2 is 0.829 bits per heavy atom. The minimum absolute atomic E-state index is 0.194. The molecule has 0 fully saturated rings. The van der Waals surface area contributed by atoms with Crippen LogP contribution in [-0.4, -0.2) is 6.54 Å². The largest absolute Gasteiger partial charge is 0.388 e. The number of nitrogens with one attached hydrogen (secondary N) is 1. The maximum atomic E-state index is 4.41. The smallest absolute Gasteiger partial charge is 0.0143 e. The van der Waals surface area contributed by atoms with E-state index in [-0.39, 0.29) is 5.41 Å². The van der Waals surface area contributed by atoms with E-state index in [2.05, 4.69) is 60.0 Å². The molecule has 0 aliphatic carbocycles. The lowest BCUT2D eigenvalue weighted by atomic mass is 9.81. The van der Waals surface area contributed by atoms with Crippen molar-refractivity contribution >= 4 is 0 Å². The molecule has 41 heavy (non-hydrogen) atoms. The van der Waals surface area contributed by atoms with E-state index in [1.165, 1.54) is 185 Å². The van der Waals surface area contributed by atoms with Crippen LogP contribution >= 0.6 is 0 Å². The van der Waals surface area contributed by atoms with Gasteiger partial charge in [0.15, 0.2) is 0 Å². The molecule has 1 N–H and O–H groups in total. The summed E-state index contributed by atoms with van der Waals surface area (Å²) in [6.45, 7) is 24.2. The van der Waals surface area contributed by atoms with Gasteiger partial charge in [-0.1, -0.05) is 182 Å². The second-order valence-corrected chi connectivity index (χ2v) is 15.0. The molecule has 0 aromatic rings. The molecule has 0 aromatic carbocycles. The highest BCUT2D eigenvalue weighted by Crippen LogP contribution is 2.32. The molecule has 0 amide bonds. The molecule has 244 valence electrons. The summed E-state index contributed by atoms with van der Waals surface area (Å²) in [5.41, 5.74) is 3.45. The third-order valence-corrected chi connectivity index (χ3v) is 9.61. The predicted octanol–water partition coefficient (Wildman–Crippen LogP) is 14.3. The number of hydrogen-bond acceptors (Lipinski definition) is 1. The van der Waals surface area contributed by atoms with Gasteiger partial charge in [-0.15, -0.1) is 0 Å². The van der Waals surface area contributed by atoms with Crippen molar-refractivity contribution in [2.24, 2.45) is 10.8 Å². The molecule has 0 aliphatic heterocycles. The molecule has 0 radical (unpaired) electrons. The summed E-state index contributed by atoms with van der Waals surface area (Å²) in [5, 5.41) is 3.65. The number of hydrogen-bond donors (Lipinski definition) is 1. The van der Waals surface area contributed by atoms with Gasteiger partial charge < -0.3 is 5.32 Å². The minimum atomic E-state index is 0.194. The Morgan fingerprint density at radius 3 is 1.29 bits per heavy atom. The lowest BCUT2D eigenvalue weighted by molar-refractivity contribution is 0.282. The lowest BCUT2D eigenvalue weighted by Crippen LogP contribution is -2.26. The summed E-state index contributed by atoms with van der Waals surface area (Å²) in [6, 6.07) is 0. The topological polar surface area (TPSA) is 12.0 Å². The highest BCUT2D eigenvalue weighted by Gasteiger charge is 2.21. The number of unbranched alkanes of at least 4 members (excludes halogenated alkanes) is 18. The average Bonchev–Trinajstić information content (AvgIpc) is 2.93. The Labute approximate surface area is 261 Å². The van der Waals surface area contributed by atoms with Gasteiger partial charge in [-0.25, -0.2) is 0 Å². The normalized spacial score (nSPS) is 12.1. The molecule has 0 unspecified atom stereocenters. The fourth-order valence-electron chi connectivity index (χ4n) is 6.15. The molecule has 0 bridgehead atoms. The first-order valence-corrected chi connectivity index (χ1v) is 18.7. The zero-order chi connectivity index (χ0) is 30.7. The van der Waals surface area contributed by atoms with Gasteiger partial charge in [-0.2, -0.15) is 0 Å². The van der Waals surface area contributed by atoms with Crippen LogP contribution in [-0.2, 0) is 0 Å². The summed E-state index contributed by atoms with van der Waals surface area (Å²) >= 11 is 0. The monoisotopic (exact) mass is 574 g/mol. The van der Waals surface area contributed by atoms with Crippen molar-refractivity contribution in [3.8, 4) is 0 Å². The van der Waals surface area contributed by atoms with E-state index in [1.807, 2.05) is 0 Å². The maximum absolute atomic E-state index is 4.41. The summed E-state index contributed by atoms with van der Waals surface area (Å²) in [7, 11) is 0. The molecule has 1 nitrogen and oxygen atoms in total. The maximum Gasteiger partial charge on any atom is 0.0143 e. The number of rotatable bonds is 32. The molecular weight excluding hydrogens is 494 g/mol. The second kappa shape index (κ2) is 26.9. The Balaban J connectivity index is 3.70. The zero-order valence-electron chi connectivity index (χ0n) is 29.7. The van der Waals surface area contributed by atoms with Crippen molar-refractivity contribution in [3.63, 3.8) is 0 Å². The van der Waals surface area contributed by atoms with Gasteiger partial charge in [0.05, 0.1) is 0 Å². The predicted molar refractivity (Wildman–Crippen MR) is 190 cm³/mol. The van der Waals surface area contributed by atoms with Crippen molar-refractivity contribution in [1.82, 2.24) is 5.32 Å². The van der Waals surface area contributed by atoms with E-state index in [1.54, 1.807) is 0 Å². The van der Waals surface area contributed by atoms with Gasteiger partial charge in [-0.3, -0.25) is 0 Å². The van der Waals surface area contributed by atoms with Crippen molar-refractivity contribution in [1.29, 1.82) is 0 Å². The van der Waals surface area contributed by atoms with Crippen LogP contribution in [0.2, 0.25) is 0 Å². The Morgan fingerprint density at radius 1 is 0.463 bits per heavy atom. The molecule has 0 saturated heterocycles. The van der Waals surface area contributed by atoms with Gasteiger partial charge in [0.25, 0.3) is 0 Å². The van der Waals surface area contributed by atoms with E-state index < -0.39 is 0 Å². The van der Waals surface area contributed by atoms with Gasteiger partial charge >= 0.3 is 0 Å². The first-order chi connectivity index (χ1) is 19.6. The summed E-state index contributed by atoms with van der Waals surface area (Å²) < 4.78 is 0. The van der Waals surface area contributed by atoms with E-state index >= 15 is 0 Å². The summed E-state index contributed by atoms with van der Waals surface area (Å²) in [5.74, 6) is 0. The lowest BCUT2D eigenvalue weighted by Gasteiger charge is -2.28. The zero-order valence-corrected chi connectivity index (χ0v) is 29.7. The highest BCUT2D eigenvalue weighted by atomic mass is 14.9. The van der Waals surface area contributed by atoms with Gasteiger partial charge in [-0.05, 0) is 56.8 Å². The van der Waals surface area contributed by atoms with Crippen LogP contribution in [0.15, 0.2) is 24.4 Å². The van der Waals surface area contributed by atoms with Crippen LogP contribution in [0.5, 0.6) is 0 Å². The SMILES string of the molecule is C=C(CCCCCC(C)(C)CCCCCCCCCC)CCCCCC(C)(C)C(=C)NCCCCCCCCCC. The molecule has 0 heterocycles. The standard InChI is InChI=1S/C40H79N/c1-9-11-13-15-17-19-21-27-33-39(5,6)34-28-23-25-31-37(3)32-26-24-29-35-40(7,8)38(4)41-36-30-22-20-18-16-14-12-10-2/h41H,3-4,9-36H2,1-2,5-8H3. The van der Waals surface area contributed by atoms with Crippen molar-refractivity contribution in [3.05, 3.63) is 24.4 Å². The fourth-order valence-corrected chi connectivity index (χ4v) is 6.15. The quantitative estimate of drug-likeness (QED) is 0.0623. The molecule has 1 heteroatoms. The van der Waals surface area contributed by atoms with Crippen LogP contribution in [0.25, 0.3) is 0 Å². The second-order valence-electron chi connectivity index (χ2n) is 15.0. The molecule has 0 rings (SSSR count). The highest BCUT2D eigenvalue weighted by molar-refractivity contribution is 5.04. The Kier molecular flexibility index (Phi) is 26.4. The van der Waals surface area contributed by atoms with Gasteiger partial charge in [0.1, 0.15) is 0 Å². The van der Waals surface area contributed by atoms with Gasteiger partial charge in [0.2, 0.25) is 0 Å². The van der Waals surface area contributed by atoms with Crippen LogP contribution in [0.1, 0.15) is 215 Å². The van der Waals surface area contributed by atoms with Crippen molar-refractivity contribution in [2.75, 3.05) is 6.54 Å². The first kappa shape index (κ1) is 40.3. The van der Waals surface area contributed by atoms with Crippen LogP contribution in [0.3, 0.4) is 0 Å². The molecular formula is C40H79N. The molecule has 0 atom stereocenters. The molecule has 0 spiro atoms. The summed E-state index contributed by atoms with van der Waals surface area (Å²) in [4.78, 5) is 0. The number of allylic oxidation sites excluding steroid dienone is 2. The third kappa shape index (κ3) is 26.6. The molecule has 0 aliphatic rings. The van der Waals surface area contributed by atoms with Gasteiger partial charge in [0, 0.05) is 17.7 Å². The Bertz CT molecular complexity index is 598. The van der Waals surface area contributed by atoms with E-state index in [9.17, 15) is 0 Å². The average molecular weight is 574 g/mol. The summed E-state index contributed by atoms with van der Waals surface area (Å²) in [6.07, 6.45) is 37.0. The molecule has 0 aromatic heterocycles. The molecule has 0 saturated carbocycles. The van der Waals surface area contributed by atoms with Crippen molar-refractivity contribution < 1.29 is 0 Å². The third-order valence-electron chi connectivity index (χ3n) is 9.61. The van der Waals surface area contributed by atoms with Crippen LogP contribution < -0.4 is 5.32 Å². The minimum Gasteiger partial charge on any atom is -0.388 e. The Hall–Kier alpha value is -0.720. The van der Waals surface area contributed by atoms with Crippen LogP contribution in [0.4, 0.5) is 0 Å². The van der Waals surface area contributed by atoms with E-state index in [0.717, 1.165) is 6.54 Å². The van der Waals surface area contributed by atoms with E-state index in [4.69, 9.17) is 0 Å². The van der Waals surface area contributed by atoms with Crippen LogP contribution in [0, 0.1) is 10.8 Å². The fraction of sp³-hybridized carbons (Fsp3) is 0.900. The first-order valence-electron chi connectivity index (χ1n) is 18.7.